The van der Waals surface area contributed by atoms with Crippen molar-refractivity contribution in [2.24, 2.45) is 4.99 Å². The van der Waals surface area contributed by atoms with E-state index in [1.807, 2.05) is 53.1 Å². The van der Waals surface area contributed by atoms with Crippen molar-refractivity contribution < 1.29 is 4.74 Å². The van der Waals surface area contributed by atoms with E-state index in [4.69, 9.17) is 9.73 Å². The molecule has 4 aromatic rings. The van der Waals surface area contributed by atoms with Crippen molar-refractivity contribution in [2.75, 3.05) is 7.11 Å². The molecule has 0 amide bonds. The number of rotatable bonds is 3. The predicted octanol–water partition coefficient (Wildman–Crippen LogP) is 4.33. The Morgan fingerprint density at radius 1 is 1.00 bits per heavy atom. The summed E-state index contributed by atoms with van der Waals surface area (Å²) < 4.78 is 7.92. The lowest BCUT2D eigenvalue weighted by Gasteiger charge is -2.30. The summed E-state index contributed by atoms with van der Waals surface area (Å²) in [6, 6.07) is 26.4. The summed E-state index contributed by atoms with van der Waals surface area (Å²) in [6.07, 6.45) is 3.79. The molecule has 0 bridgehead atoms. The third-order valence-corrected chi connectivity index (χ3v) is 7.36. The Labute approximate surface area is 195 Å². The number of fused-ring (bicyclic) bond motifs is 3. The molecule has 162 valence electrons. The zero-order valence-corrected chi connectivity index (χ0v) is 19.0. The highest BCUT2D eigenvalue weighted by Crippen LogP contribution is 2.41. The van der Waals surface area contributed by atoms with Crippen LogP contribution in [0.2, 0.25) is 0 Å². The smallest absolute Gasteiger partial charge is 0.271 e. The van der Waals surface area contributed by atoms with Crippen LogP contribution in [0.1, 0.15) is 34.7 Å². The molecule has 0 N–H and O–H groups in total. The molecule has 5 heteroatoms. The summed E-state index contributed by atoms with van der Waals surface area (Å²) in [6.45, 7) is 0. The maximum absolute atomic E-state index is 13.7. The Bertz CT molecular complexity index is 1580. The van der Waals surface area contributed by atoms with Crippen LogP contribution in [-0.4, -0.2) is 11.7 Å². The van der Waals surface area contributed by atoms with Gasteiger partial charge in [0.25, 0.3) is 5.56 Å². The zero-order valence-electron chi connectivity index (χ0n) is 18.2. The minimum absolute atomic E-state index is 0.000770. The highest BCUT2D eigenvalue weighted by molar-refractivity contribution is 7.07. The van der Waals surface area contributed by atoms with Gasteiger partial charge in [0.05, 0.1) is 23.4 Å². The second-order valence-corrected chi connectivity index (χ2v) is 9.31. The Morgan fingerprint density at radius 3 is 2.67 bits per heavy atom. The average molecular weight is 451 g/mol. The Hall–Kier alpha value is -3.70. The number of nitrogens with zero attached hydrogens (tertiary/aromatic N) is 2. The quantitative estimate of drug-likeness (QED) is 0.466. The normalized spacial score (nSPS) is 17.1. The van der Waals surface area contributed by atoms with E-state index < -0.39 is 0 Å². The first-order valence-corrected chi connectivity index (χ1v) is 11.9. The molecule has 1 aromatic heterocycles. The predicted molar refractivity (Wildman–Crippen MR) is 132 cm³/mol. The summed E-state index contributed by atoms with van der Waals surface area (Å²) >= 11 is 1.45. The lowest BCUT2D eigenvalue weighted by Crippen LogP contribution is -2.38. The van der Waals surface area contributed by atoms with Crippen LogP contribution in [-0.2, 0) is 6.42 Å². The second kappa shape index (κ2) is 8.01. The number of hydrogen-bond acceptors (Lipinski definition) is 4. The van der Waals surface area contributed by atoms with Gasteiger partial charge in [-0.2, -0.15) is 0 Å². The van der Waals surface area contributed by atoms with Crippen LogP contribution in [0.15, 0.2) is 94.2 Å². The van der Waals surface area contributed by atoms with Crippen molar-refractivity contribution in [3.05, 3.63) is 126 Å². The van der Waals surface area contributed by atoms with Crippen LogP contribution in [0.5, 0.6) is 5.75 Å². The van der Waals surface area contributed by atoms with Crippen LogP contribution in [0.3, 0.4) is 0 Å². The maximum atomic E-state index is 13.7. The van der Waals surface area contributed by atoms with Gasteiger partial charge < -0.3 is 4.74 Å². The summed E-state index contributed by atoms with van der Waals surface area (Å²) in [7, 11) is 1.65. The van der Waals surface area contributed by atoms with Gasteiger partial charge in [-0.25, -0.2) is 4.99 Å². The van der Waals surface area contributed by atoms with Crippen LogP contribution in [0, 0.1) is 0 Å². The van der Waals surface area contributed by atoms with Gasteiger partial charge in [0.15, 0.2) is 4.80 Å². The standard InChI is InChI=1S/C28H22N2O2S/c1-32-21-12-7-8-18(16-21)17-24-27(31)30-26(20-10-3-2-4-11-20)23-15-14-19-9-5-6-13-22(19)25(23)29-28(30)33-24/h2-13,16-17,26H,14-15H2,1H3. The topological polar surface area (TPSA) is 43.6 Å². The zero-order chi connectivity index (χ0) is 22.4. The van der Waals surface area contributed by atoms with E-state index in [-0.39, 0.29) is 11.6 Å². The Morgan fingerprint density at radius 2 is 1.82 bits per heavy atom. The molecule has 33 heavy (non-hydrogen) atoms. The first-order chi connectivity index (χ1) is 16.2. The Kier molecular flexibility index (Phi) is 4.84. The number of benzene rings is 3. The molecule has 0 saturated carbocycles. The molecule has 0 radical (unpaired) electrons. The molecule has 1 unspecified atom stereocenters. The number of allylic oxidation sites excluding steroid dienone is 1. The molecule has 1 aliphatic carbocycles. The monoisotopic (exact) mass is 450 g/mol. The van der Waals surface area contributed by atoms with Crippen LogP contribution in [0.4, 0.5) is 0 Å². The van der Waals surface area contributed by atoms with Gasteiger partial charge in [-0.15, -0.1) is 0 Å². The molecular weight excluding hydrogens is 428 g/mol. The van der Waals surface area contributed by atoms with E-state index in [0.717, 1.165) is 40.2 Å². The number of hydrogen-bond donors (Lipinski definition) is 0. The fraction of sp³-hybridized carbons (Fsp3) is 0.143. The van der Waals surface area contributed by atoms with Crippen molar-refractivity contribution in [1.29, 1.82) is 0 Å². The van der Waals surface area contributed by atoms with Crippen molar-refractivity contribution in [2.45, 2.75) is 18.9 Å². The summed E-state index contributed by atoms with van der Waals surface area (Å²) in [4.78, 5) is 19.5. The van der Waals surface area contributed by atoms with Gasteiger partial charge in [-0.3, -0.25) is 9.36 Å². The van der Waals surface area contributed by atoms with E-state index in [9.17, 15) is 4.79 Å². The molecular formula is C28H22N2O2S. The fourth-order valence-corrected chi connectivity index (χ4v) is 5.84. The van der Waals surface area contributed by atoms with Gasteiger partial charge in [0.1, 0.15) is 5.75 Å². The number of aryl methyl sites for hydroxylation is 1. The average Bonchev–Trinajstić information content (AvgIpc) is 3.17. The van der Waals surface area contributed by atoms with E-state index in [0.29, 0.717) is 4.53 Å². The summed E-state index contributed by atoms with van der Waals surface area (Å²) in [5.41, 5.74) is 6.81. The molecule has 1 aliphatic heterocycles. The van der Waals surface area contributed by atoms with E-state index >= 15 is 0 Å². The first kappa shape index (κ1) is 19.9. The molecule has 4 nitrogen and oxygen atoms in total. The van der Waals surface area contributed by atoms with Crippen LogP contribution < -0.4 is 19.6 Å². The minimum atomic E-state index is -0.140. The molecule has 0 saturated heterocycles. The van der Waals surface area contributed by atoms with E-state index in [1.54, 1.807) is 7.11 Å². The third-order valence-electron chi connectivity index (χ3n) is 6.38. The molecule has 0 spiro atoms. The lowest BCUT2D eigenvalue weighted by atomic mass is 9.83. The third kappa shape index (κ3) is 3.36. The van der Waals surface area contributed by atoms with E-state index in [1.165, 1.54) is 28.0 Å². The lowest BCUT2D eigenvalue weighted by molar-refractivity contribution is 0.414. The van der Waals surface area contributed by atoms with Crippen molar-refractivity contribution in [3.8, 4) is 5.75 Å². The van der Waals surface area contributed by atoms with E-state index in [2.05, 4.69) is 36.4 Å². The summed E-state index contributed by atoms with van der Waals surface area (Å²) in [5.74, 6) is 0.769. The molecule has 2 heterocycles. The molecule has 1 atom stereocenters. The number of thiazole rings is 1. The highest BCUT2D eigenvalue weighted by Gasteiger charge is 2.32. The molecule has 0 fully saturated rings. The van der Waals surface area contributed by atoms with Gasteiger partial charge >= 0.3 is 0 Å². The van der Waals surface area contributed by atoms with Crippen molar-refractivity contribution >= 4 is 23.1 Å². The minimum Gasteiger partial charge on any atom is -0.497 e. The largest absolute Gasteiger partial charge is 0.497 e. The molecule has 6 rings (SSSR count). The highest BCUT2D eigenvalue weighted by atomic mass is 32.1. The Balaban J connectivity index is 1.61. The van der Waals surface area contributed by atoms with Crippen LogP contribution in [0.25, 0.3) is 11.8 Å². The SMILES string of the molecule is COc1cccc(C=c2sc3n(c2=O)C(c2ccccc2)C2=C(N=3)c3ccccc3CC2)c1. The maximum Gasteiger partial charge on any atom is 0.271 e. The summed E-state index contributed by atoms with van der Waals surface area (Å²) in [5, 5.41) is 0. The van der Waals surface area contributed by atoms with Gasteiger partial charge in [0, 0.05) is 5.56 Å². The van der Waals surface area contributed by atoms with Crippen molar-refractivity contribution in [1.82, 2.24) is 4.57 Å². The van der Waals surface area contributed by atoms with Crippen LogP contribution >= 0.6 is 11.3 Å². The second-order valence-electron chi connectivity index (χ2n) is 8.30. The molecule has 3 aromatic carbocycles. The first-order valence-electron chi connectivity index (χ1n) is 11.0. The van der Waals surface area contributed by atoms with Gasteiger partial charge in [0.2, 0.25) is 0 Å². The van der Waals surface area contributed by atoms with Crippen molar-refractivity contribution in [3.63, 3.8) is 0 Å². The number of aromatic nitrogens is 1. The van der Waals surface area contributed by atoms with Gasteiger partial charge in [-0.05, 0) is 53.3 Å². The molecule has 2 aliphatic rings. The number of methoxy groups -OCH3 is 1. The fourth-order valence-electron chi connectivity index (χ4n) is 4.84. The number of ether oxygens (including phenoxy) is 1. The van der Waals surface area contributed by atoms with Gasteiger partial charge in [-0.1, -0.05) is 78.1 Å².